The first kappa shape index (κ1) is 71.8. The highest BCUT2D eigenvalue weighted by Crippen LogP contribution is 2.39. The van der Waals surface area contributed by atoms with Gasteiger partial charge < -0.3 is 102 Å². The number of aliphatic hydroxyl groups is 8. The number of ether oxygens (including phenoxy) is 13. The van der Waals surface area contributed by atoms with E-state index in [2.05, 4.69) is 13.8 Å². The molecule has 8 N–H and O–H groups in total. The highest BCUT2D eigenvalue weighted by atomic mass is 16.8. The molecule has 494 valence electrons. The van der Waals surface area contributed by atoms with Crippen LogP contribution in [0.5, 0.6) is 0 Å². The predicted molar refractivity (Wildman–Crippen MR) is 301 cm³/mol. The first-order valence-corrected chi connectivity index (χ1v) is 32.2. The normalized spacial score (nSPS) is 42.3. The number of rotatable bonds is 22. The number of hydrogen-bond donors (Lipinski definition) is 8. The second-order valence-corrected chi connectivity index (χ2v) is 24.6. The molecule has 6 saturated heterocycles. The summed E-state index contributed by atoms with van der Waals surface area (Å²) in [5, 5.41) is 91.9. The summed E-state index contributed by atoms with van der Waals surface area (Å²) in [4.78, 5) is 41.3. The first-order chi connectivity index (χ1) is 40.6. The molecule has 0 amide bonds. The highest BCUT2D eigenvalue weighted by molar-refractivity contribution is 5.72. The maximum atomic E-state index is 14.3. The summed E-state index contributed by atoms with van der Waals surface area (Å²) in [7, 11) is 0. The minimum atomic E-state index is -1.91. The van der Waals surface area contributed by atoms with Crippen molar-refractivity contribution in [1.29, 1.82) is 0 Å². The molecule has 0 spiro atoms. The van der Waals surface area contributed by atoms with Gasteiger partial charge in [0.2, 0.25) is 0 Å². The second-order valence-electron chi connectivity index (χ2n) is 24.6. The number of carbonyl (C=O) groups is 3. The van der Waals surface area contributed by atoms with Crippen molar-refractivity contribution < 1.29 is 117 Å². The summed E-state index contributed by atoms with van der Waals surface area (Å²) in [5.74, 6) is -2.72. The molecule has 0 bridgehead atoms. The summed E-state index contributed by atoms with van der Waals surface area (Å²) in [6.45, 7) is 15.2. The van der Waals surface area contributed by atoms with Crippen molar-refractivity contribution in [2.75, 3.05) is 0 Å². The van der Waals surface area contributed by atoms with Gasteiger partial charge in [-0.2, -0.15) is 0 Å². The molecule has 0 saturated carbocycles. The molecule has 6 aliphatic rings. The van der Waals surface area contributed by atoms with Crippen molar-refractivity contribution in [3.63, 3.8) is 0 Å². The molecule has 0 unspecified atom stereocenters. The molecule has 6 fully saturated rings. The molecule has 0 aromatic heterocycles. The third kappa shape index (κ3) is 19.8. The third-order valence-electron chi connectivity index (χ3n) is 17.7. The average molecular weight is 1220 g/mol. The van der Waals surface area contributed by atoms with Gasteiger partial charge in [-0.1, -0.05) is 124 Å². The fraction of sp³-hybridized carbons (Fsp3) is 0.951. The molecule has 0 aromatic carbocycles. The Morgan fingerprint density at radius 3 is 1.68 bits per heavy atom. The molecule has 85 heavy (non-hydrogen) atoms. The van der Waals surface area contributed by atoms with Crippen LogP contribution >= 0.6 is 0 Å². The lowest BCUT2D eigenvalue weighted by Gasteiger charge is -2.51. The molecule has 0 aromatic rings. The number of aliphatic hydroxyl groups excluding tert-OH is 8. The minimum Gasteiger partial charge on any atom is -0.456 e. The van der Waals surface area contributed by atoms with Crippen LogP contribution in [0.1, 0.15) is 204 Å². The van der Waals surface area contributed by atoms with Crippen LogP contribution in [0.4, 0.5) is 0 Å². The summed E-state index contributed by atoms with van der Waals surface area (Å²) in [6, 6.07) is 0. The molecular formula is C61H106O24. The Labute approximate surface area is 502 Å². The summed E-state index contributed by atoms with van der Waals surface area (Å²) < 4.78 is 82.3. The fourth-order valence-electron chi connectivity index (χ4n) is 11.9. The van der Waals surface area contributed by atoms with Gasteiger partial charge in [0.15, 0.2) is 49.8 Å². The Bertz CT molecular complexity index is 1950. The lowest BCUT2D eigenvalue weighted by Crippen LogP contribution is -2.68. The van der Waals surface area contributed by atoms with Gasteiger partial charge in [0, 0.05) is 12.8 Å². The van der Waals surface area contributed by atoms with E-state index in [1.54, 1.807) is 27.7 Å². The maximum absolute atomic E-state index is 14.3. The lowest BCUT2D eigenvalue weighted by atomic mass is 9.95. The van der Waals surface area contributed by atoms with Crippen molar-refractivity contribution >= 4 is 17.9 Å². The lowest BCUT2D eigenvalue weighted by molar-refractivity contribution is -0.399. The topological polar surface area (TPSA) is 333 Å². The van der Waals surface area contributed by atoms with Gasteiger partial charge in [-0.3, -0.25) is 14.4 Å². The second kappa shape index (κ2) is 35.3. The fourth-order valence-corrected chi connectivity index (χ4v) is 11.9. The van der Waals surface area contributed by atoms with E-state index in [9.17, 15) is 55.2 Å². The summed E-state index contributed by atoms with van der Waals surface area (Å²) >= 11 is 0. The number of hydrogen-bond acceptors (Lipinski definition) is 24. The zero-order chi connectivity index (χ0) is 62.1. The summed E-state index contributed by atoms with van der Waals surface area (Å²) in [5.41, 5.74) is 0. The van der Waals surface area contributed by atoms with E-state index in [0.29, 0.717) is 32.1 Å². The van der Waals surface area contributed by atoms with Gasteiger partial charge in [0.05, 0.1) is 42.5 Å². The molecule has 6 rings (SSSR count). The van der Waals surface area contributed by atoms with E-state index in [1.165, 1.54) is 20.8 Å². The van der Waals surface area contributed by atoms with Gasteiger partial charge in [-0.05, 0) is 66.7 Å². The maximum Gasteiger partial charge on any atom is 0.309 e. The zero-order valence-corrected chi connectivity index (χ0v) is 51.8. The molecule has 6 heterocycles. The van der Waals surface area contributed by atoms with Gasteiger partial charge in [0.25, 0.3) is 0 Å². The van der Waals surface area contributed by atoms with E-state index >= 15 is 0 Å². The van der Waals surface area contributed by atoms with Crippen LogP contribution in [0.2, 0.25) is 0 Å². The molecule has 24 heteroatoms. The number of fused-ring (bicyclic) bond motifs is 2. The highest BCUT2D eigenvalue weighted by Gasteiger charge is 2.58. The number of unbranched alkanes of at least 4 members (excludes halogenated alkanes) is 8. The van der Waals surface area contributed by atoms with Crippen molar-refractivity contribution in [3.05, 3.63) is 0 Å². The van der Waals surface area contributed by atoms with Crippen LogP contribution in [-0.2, 0) is 76.0 Å². The van der Waals surface area contributed by atoms with Gasteiger partial charge >= 0.3 is 17.9 Å². The van der Waals surface area contributed by atoms with Gasteiger partial charge in [-0.15, -0.1) is 0 Å². The van der Waals surface area contributed by atoms with E-state index in [1.807, 2.05) is 0 Å². The number of carbonyl (C=O) groups excluding carboxylic acids is 3. The third-order valence-corrected chi connectivity index (χ3v) is 17.7. The molecule has 24 nitrogen and oxygen atoms in total. The standard InChI is InChI=1S/C61H106O24/c1-10-13-15-16-18-22-27-31-40(63)80-55-54(85-57-46(69)44(67)41(64)33(5)73-57)50(83-58-48(71)51(43(66)35(7)74-58)81-56(72)32(4)12-3)37(9)77-61(55)82-49-36(8)76-60-53(47(49)70)79-39(62)30-26-23-20-17-19-21-25-29-38(28-24-14-11-2)78-59-52(84-60)45(68)42(65)34(6)75-59/h32-38,41-55,57-61,64-71H,10-31H2,1-9H3/t32-,33-,34+,35-,36-,37-,38-,41-,42-,43-,44+,45-,46+,47+,48+,49-,50-,51+,52+,53+,54+,55+,57-,58-,59-,60-,61-/m0/s1. The number of esters is 3. The van der Waals surface area contributed by atoms with E-state index in [0.717, 1.165) is 96.3 Å². The summed E-state index contributed by atoms with van der Waals surface area (Å²) in [6.07, 6.45) is -21.5. The smallest absolute Gasteiger partial charge is 0.309 e. The minimum absolute atomic E-state index is 0.0222. The largest absolute Gasteiger partial charge is 0.456 e. The Hall–Kier alpha value is -2.31. The van der Waals surface area contributed by atoms with Crippen LogP contribution in [0, 0.1) is 5.92 Å². The Kier molecular flexibility index (Phi) is 29.8. The Morgan fingerprint density at radius 1 is 0.471 bits per heavy atom. The quantitative estimate of drug-likeness (QED) is 0.0419. The molecule has 0 aliphatic carbocycles. The Balaban J connectivity index is 1.36. The monoisotopic (exact) mass is 1220 g/mol. The predicted octanol–water partition coefficient (Wildman–Crippen LogP) is 4.55. The zero-order valence-electron chi connectivity index (χ0n) is 51.8. The van der Waals surface area contributed by atoms with Gasteiger partial charge in [0.1, 0.15) is 73.2 Å². The SMILES string of the molecule is CCCCCCCCCC(=O)O[C@H]1[C@H](O[C@@H]2[C@@H](O)[C@H]3OC(=O)CCCCCCCCC[C@H](CCCCC)O[C@@H]4O[C@H](C)[C@H](O)[C@H](O)[C@H]4O[C@@H]3O[C@H]2C)O[C@@H](C)[C@H](O[C@@H]2O[C@@H](C)[C@H](O)[C@@H](OC(=O)[C@@H](C)CC)[C@H]2O)[C@H]1O[C@@H]1O[C@@H](C)[C@H](O)[C@@H](O)[C@H]1O. The van der Waals surface area contributed by atoms with Crippen LogP contribution in [0.15, 0.2) is 0 Å². The van der Waals surface area contributed by atoms with Crippen LogP contribution in [0.25, 0.3) is 0 Å². The van der Waals surface area contributed by atoms with Crippen LogP contribution < -0.4 is 0 Å². The van der Waals surface area contributed by atoms with Crippen molar-refractivity contribution in [1.82, 2.24) is 0 Å². The molecule has 27 atom stereocenters. The molecule has 0 radical (unpaired) electrons. The van der Waals surface area contributed by atoms with Crippen LogP contribution in [0.3, 0.4) is 0 Å². The van der Waals surface area contributed by atoms with E-state index < -0.39 is 177 Å². The van der Waals surface area contributed by atoms with E-state index in [4.69, 9.17) is 61.6 Å². The van der Waals surface area contributed by atoms with Crippen LogP contribution in [-0.4, -0.2) is 218 Å². The van der Waals surface area contributed by atoms with Crippen molar-refractivity contribution in [2.24, 2.45) is 5.92 Å². The molecular weight excluding hydrogens is 1120 g/mol. The molecule has 6 aliphatic heterocycles. The Morgan fingerprint density at radius 2 is 1.00 bits per heavy atom. The first-order valence-electron chi connectivity index (χ1n) is 32.2. The van der Waals surface area contributed by atoms with Crippen molar-refractivity contribution in [2.45, 2.75) is 363 Å². The average Bonchev–Trinajstić information content (AvgIpc) is 1.67. The van der Waals surface area contributed by atoms with Crippen molar-refractivity contribution in [3.8, 4) is 0 Å². The van der Waals surface area contributed by atoms with Gasteiger partial charge in [-0.25, -0.2) is 0 Å². The van der Waals surface area contributed by atoms with E-state index in [-0.39, 0.29) is 18.9 Å².